The summed E-state index contributed by atoms with van der Waals surface area (Å²) in [4.78, 5) is 13.3. The normalized spacial score (nSPS) is 11.9. The van der Waals surface area contributed by atoms with Crippen LogP contribution in [0.25, 0.3) is 0 Å². The van der Waals surface area contributed by atoms with Gasteiger partial charge in [-0.15, -0.1) is 0 Å². The van der Waals surface area contributed by atoms with Crippen LogP contribution in [0.1, 0.15) is 23.2 Å². The monoisotopic (exact) mass is 337 g/mol. The topological polar surface area (TPSA) is 20.3 Å². The van der Waals surface area contributed by atoms with Gasteiger partial charge in [-0.3, -0.25) is 4.79 Å². The van der Waals surface area contributed by atoms with Crippen molar-refractivity contribution in [3.63, 3.8) is 0 Å². The smallest absolute Gasteiger partial charge is 0.306 e. The van der Waals surface area contributed by atoms with Crippen molar-refractivity contribution in [1.29, 1.82) is 0 Å². The number of alkyl halides is 3. The fourth-order valence-electron chi connectivity index (χ4n) is 1.50. The molecular weight excluding hydrogens is 323 g/mol. The number of halogens is 4. The van der Waals surface area contributed by atoms with Gasteiger partial charge in [0.15, 0.2) is 5.78 Å². The maximum atomic E-state index is 12.0. The van der Waals surface area contributed by atoms with E-state index in [4.69, 9.17) is 0 Å². The molecule has 0 aromatic heterocycles. The average Bonchev–Trinajstić information content (AvgIpc) is 2.33. The van der Waals surface area contributed by atoms with Gasteiger partial charge in [0.2, 0.25) is 0 Å². The predicted octanol–water partition coefficient (Wildman–Crippen LogP) is 3.91. The maximum Gasteiger partial charge on any atom is 0.390 e. The van der Waals surface area contributed by atoms with Gasteiger partial charge in [0.05, 0.1) is 6.42 Å². The zero-order valence-corrected chi connectivity index (χ0v) is 12.1. The first kappa shape index (κ1) is 16.2. The molecule has 1 aromatic rings. The predicted molar refractivity (Wildman–Crippen MR) is 71.3 cm³/mol. The van der Waals surface area contributed by atoms with Gasteiger partial charge in [0.1, 0.15) is 0 Å². The quantitative estimate of drug-likeness (QED) is 0.733. The van der Waals surface area contributed by atoms with Crippen molar-refractivity contribution in [1.82, 2.24) is 4.90 Å². The molecule has 0 aliphatic heterocycles. The first-order chi connectivity index (χ1) is 8.78. The van der Waals surface area contributed by atoms with Gasteiger partial charge in [-0.05, 0) is 19.2 Å². The van der Waals surface area contributed by atoms with E-state index in [1.807, 2.05) is 0 Å². The van der Waals surface area contributed by atoms with E-state index < -0.39 is 12.6 Å². The van der Waals surface area contributed by atoms with E-state index in [-0.39, 0.29) is 18.7 Å². The summed E-state index contributed by atoms with van der Waals surface area (Å²) in [6, 6.07) is 6.92. The van der Waals surface area contributed by atoms with Crippen molar-refractivity contribution < 1.29 is 18.0 Å². The van der Waals surface area contributed by atoms with Crippen LogP contribution in [0, 0.1) is 0 Å². The highest BCUT2D eigenvalue weighted by Gasteiger charge is 2.27. The van der Waals surface area contributed by atoms with Crippen molar-refractivity contribution in [3.8, 4) is 0 Å². The molecule has 0 aliphatic carbocycles. The Hall–Kier alpha value is -0.880. The molecule has 106 valence electrons. The molecule has 0 unspecified atom stereocenters. The van der Waals surface area contributed by atoms with Gasteiger partial charge in [-0.25, -0.2) is 0 Å². The minimum Gasteiger partial charge on any atom is -0.306 e. The van der Waals surface area contributed by atoms with Gasteiger partial charge in [-0.1, -0.05) is 28.1 Å². The lowest BCUT2D eigenvalue weighted by molar-refractivity contribution is -0.137. The Morgan fingerprint density at radius 1 is 1.21 bits per heavy atom. The fraction of sp³-hybridized carbons (Fsp3) is 0.462. The largest absolute Gasteiger partial charge is 0.390 e. The summed E-state index contributed by atoms with van der Waals surface area (Å²) in [6.45, 7) is 0.238. The van der Waals surface area contributed by atoms with Crippen LogP contribution in [0.5, 0.6) is 0 Å². The summed E-state index contributed by atoms with van der Waals surface area (Å²) >= 11 is 3.27. The Morgan fingerprint density at radius 3 is 2.32 bits per heavy atom. The molecule has 0 bridgehead atoms. The van der Waals surface area contributed by atoms with Crippen LogP contribution in [0.4, 0.5) is 13.2 Å². The van der Waals surface area contributed by atoms with E-state index >= 15 is 0 Å². The number of carbonyl (C=O) groups excluding carboxylic acids is 1. The lowest BCUT2D eigenvalue weighted by Gasteiger charge is -2.17. The summed E-state index contributed by atoms with van der Waals surface area (Å²) in [5.41, 5.74) is 0.576. The number of hydrogen-bond acceptors (Lipinski definition) is 2. The molecule has 1 aromatic carbocycles. The Morgan fingerprint density at radius 2 is 1.79 bits per heavy atom. The van der Waals surface area contributed by atoms with Crippen molar-refractivity contribution >= 4 is 21.7 Å². The van der Waals surface area contributed by atoms with Crippen LogP contribution in [-0.4, -0.2) is 37.0 Å². The Kier molecular flexibility index (Phi) is 6.00. The van der Waals surface area contributed by atoms with Gasteiger partial charge in [0.25, 0.3) is 0 Å². The number of nitrogens with zero attached hydrogens (tertiary/aromatic N) is 1. The van der Waals surface area contributed by atoms with E-state index in [1.165, 1.54) is 4.90 Å². The average molecular weight is 338 g/mol. The third-order valence-electron chi connectivity index (χ3n) is 2.66. The van der Waals surface area contributed by atoms with Gasteiger partial charge >= 0.3 is 6.18 Å². The second-order valence-electron chi connectivity index (χ2n) is 4.35. The molecule has 19 heavy (non-hydrogen) atoms. The number of hydrogen-bond donors (Lipinski definition) is 0. The van der Waals surface area contributed by atoms with E-state index in [9.17, 15) is 18.0 Å². The minimum absolute atomic E-state index is 0.0636. The molecule has 0 atom stereocenters. The molecular formula is C13H15BrF3NO. The van der Waals surface area contributed by atoms with Gasteiger partial charge < -0.3 is 4.90 Å². The second kappa shape index (κ2) is 7.05. The number of rotatable bonds is 6. The summed E-state index contributed by atoms with van der Waals surface area (Å²) in [5.74, 6) is -0.0636. The molecule has 0 fully saturated rings. The van der Waals surface area contributed by atoms with Gasteiger partial charge in [-0.2, -0.15) is 13.2 Å². The molecule has 2 nitrogen and oxygen atoms in total. The van der Waals surface area contributed by atoms with Crippen LogP contribution < -0.4 is 0 Å². The summed E-state index contributed by atoms with van der Waals surface area (Å²) in [6.07, 6.45) is -4.78. The van der Waals surface area contributed by atoms with Crippen molar-refractivity contribution in [2.24, 2.45) is 0 Å². The molecule has 0 spiro atoms. The molecule has 1 rings (SSSR count). The molecule has 0 saturated heterocycles. The van der Waals surface area contributed by atoms with Crippen LogP contribution in [-0.2, 0) is 0 Å². The Labute approximate surface area is 118 Å². The Bertz CT molecular complexity index is 417. The van der Waals surface area contributed by atoms with Crippen molar-refractivity contribution in [3.05, 3.63) is 34.3 Å². The lowest BCUT2D eigenvalue weighted by Crippen LogP contribution is -2.26. The standard InChI is InChI=1S/C13H15BrF3NO/c1-18(9-7-13(15,16)17)8-6-12(19)10-2-4-11(14)5-3-10/h2-5H,6-9H2,1H3. The summed E-state index contributed by atoms with van der Waals surface area (Å²) < 4.78 is 36.9. The van der Waals surface area contributed by atoms with E-state index in [1.54, 1.807) is 31.3 Å². The fourth-order valence-corrected chi connectivity index (χ4v) is 1.77. The summed E-state index contributed by atoms with van der Waals surface area (Å²) in [5, 5.41) is 0. The van der Waals surface area contributed by atoms with Crippen molar-refractivity contribution in [2.45, 2.75) is 19.0 Å². The lowest BCUT2D eigenvalue weighted by atomic mass is 10.1. The zero-order valence-electron chi connectivity index (χ0n) is 10.5. The van der Waals surface area contributed by atoms with E-state index in [0.717, 1.165) is 4.47 Å². The number of benzene rings is 1. The summed E-state index contributed by atoms with van der Waals surface area (Å²) in [7, 11) is 1.58. The third-order valence-corrected chi connectivity index (χ3v) is 3.19. The molecule has 0 saturated carbocycles. The Balaban J connectivity index is 2.36. The number of Topliss-reactive ketones (excluding diaryl/α,β-unsaturated/α-hetero) is 1. The second-order valence-corrected chi connectivity index (χ2v) is 5.26. The SMILES string of the molecule is CN(CCC(=O)c1ccc(Br)cc1)CCC(F)(F)F. The zero-order chi connectivity index (χ0) is 14.5. The molecule has 0 heterocycles. The van der Waals surface area contributed by atoms with Crippen LogP contribution >= 0.6 is 15.9 Å². The highest BCUT2D eigenvalue weighted by molar-refractivity contribution is 9.10. The van der Waals surface area contributed by atoms with Crippen LogP contribution in [0.15, 0.2) is 28.7 Å². The number of ketones is 1. The van der Waals surface area contributed by atoms with E-state index in [0.29, 0.717) is 12.1 Å². The van der Waals surface area contributed by atoms with Crippen molar-refractivity contribution in [2.75, 3.05) is 20.1 Å². The molecule has 0 N–H and O–H groups in total. The highest BCUT2D eigenvalue weighted by Crippen LogP contribution is 2.19. The molecule has 0 amide bonds. The van der Waals surface area contributed by atoms with Crippen LogP contribution in [0.3, 0.4) is 0 Å². The van der Waals surface area contributed by atoms with Crippen LogP contribution in [0.2, 0.25) is 0 Å². The number of carbonyl (C=O) groups is 1. The molecule has 6 heteroatoms. The first-order valence-electron chi connectivity index (χ1n) is 5.82. The third kappa shape index (κ3) is 6.73. The van der Waals surface area contributed by atoms with Gasteiger partial charge in [0, 0.05) is 29.5 Å². The molecule has 0 radical (unpaired) electrons. The first-order valence-corrected chi connectivity index (χ1v) is 6.61. The highest BCUT2D eigenvalue weighted by atomic mass is 79.9. The van der Waals surface area contributed by atoms with E-state index in [2.05, 4.69) is 15.9 Å². The maximum absolute atomic E-state index is 12.0. The molecule has 0 aliphatic rings. The minimum atomic E-state index is -4.15.